The second-order valence-electron chi connectivity index (χ2n) is 15.3. The largest absolute Gasteiger partial charge is 0.456 e. The van der Waals surface area contributed by atoms with E-state index in [0.29, 0.717) is 0 Å². The first kappa shape index (κ1) is 27.0. The summed E-state index contributed by atoms with van der Waals surface area (Å²) in [4.78, 5) is 2.49. The van der Waals surface area contributed by atoms with Gasteiger partial charge in [-0.1, -0.05) is 66.7 Å². The van der Waals surface area contributed by atoms with Crippen molar-refractivity contribution in [3.8, 4) is 11.1 Å². The van der Waals surface area contributed by atoms with Gasteiger partial charge in [0, 0.05) is 59.5 Å². The third-order valence-electron chi connectivity index (χ3n) is 13.0. The lowest BCUT2D eigenvalue weighted by molar-refractivity contribution is -0.0399. The average molecular weight is 650 g/mol. The van der Waals surface area contributed by atoms with E-state index in [-0.39, 0.29) is 5.41 Å². The maximum absolute atomic E-state index is 6.48. The van der Waals surface area contributed by atoms with Gasteiger partial charge in [0.1, 0.15) is 11.2 Å². The van der Waals surface area contributed by atoms with Crippen molar-refractivity contribution in [1.82, 2.24) is 0 Å². The molecule has 2 heterocycles. The molecule has 0 radical (unpaired) electrons. The number of hydrogen-bond donors (Lipinski definition) is 0. The van der Waals surface area contributed by atoms with Gasteiger partial charge in [-0.2, -0.15) is 0 Å². The molecule has 5 aliphatic carbocycles. The number of furan rings is 1. The highest BCUT2D eigenvalue weighted by atomic mass is 32.1. The van der Waals surface area contributed by atoms with E-state index in [2.05, 4.69) is 132 Å². The van der Waals surface area contributed by atoms with Crippen LogP contribution >= 0.6 is 11.3 Å². The third-order valence-corrected chi connectivity index (χ3v) is 14.2. The lowest BCUT2D eigenvalue weighted by Crippen LogP contribution is -2.55. The molecule has 0 atom stereocenters. The van der Waals surface area contributed by atoms with Crippen molar-refractivity contribution < 1.29 is 4.42 Å². The maximum atomic E-state index is 6.48. The minimum Gasteiger partial charge on any atom is -0.456 e. The first-order valence-corrected chi connectivity index (χ1v) is 18.9. The van der Waals surface area contributed by atoms with Gasteiger partial charge in [0.15, 0.2) is 0 Å². The number of thiophene rings is 1. The van der Waals surface area contributed by atoms with Crippen molar-refractivity contribution in [3.05, 3.63) is 139 Å². The highest BCUT2D eigenvalue weighted by Gasteiger charge is 2.61. The predicted octanol–water partition coefficient (Wildman–Crippen LogP) is 13.1. The first-order valence-electron chi connectivity index (χ1n) is 18.1. The Kier molecular flexibility index (Phi) is 5.32. The van der Waals surface area contributed by atoms with E-state index < -0.39 is 0 Å². The van der Waals surface area contributed by atoms with Gasteiger partial charge >= 0.3 is 0 Å². The molecule has 236 valence electrons. The van der Waals surface area contributed by atoms with E-state index in [1.807, 2.05) is 11.3 Å². The van der Waals surface area contributed by atoms with E-state index in [9.17, 15) is 0 Å². The van der Waals surface area contributed by atoms with E-state index in [0.717, 1.165) is 45.9 Å². The van der Waals surface area contributed by atoms with Crippen molar-refractivity contribution in [1.29, 1.82) is 0 Å². The summed E-state index contributed by atoms with van der Waals surface area (Å²) in [5.74, 6) is 3.31. The Morgan fingerprint density at radius 3 is 2.00 bits per heavy atom. The highest BCUT2D eigenvalue weighted by molar-refractivity contribution is 7.25. The first-order chi connectivity index (χ1) is 24.2. The minimum absolute atomic E-state index is 0.122. The van der Waals surface area contributed by atoms with Gasteiger partial charge in [0.2, 0.25) is 0 Å². The monoisotopic (exact) mass is 649 g/mol. The van der Waals surface area contributed by atoms with Crippen LogP contribution in [0.5, 0.6) is 0 Å². The van der Waals surface area contributed by atoms with Crippen LogP contribution in [-0.2, 0) is 5.41 Å². The molecule has 4 bridgehead atoms. The smallest absolute Gasteiger partial charge is 0.137 e. The minimum atomic E-state index is 0.122. The van der Waals surface area contributed by atoms with E-state index in [4.69, 9.17) is 4.42 Å². The molecule has 4 saturated carbocycles. The summed E-state index contributed by atoms with van der Waals surface area (Å²) < 4.78 is 9.14. The number of anilines is 3. The molecular formula is C46H35NOS. The van der Waals surface area contributed by atoms with E-state index in [1.54, 1.807) is 11.1 Å². The summed E-state index contributed by atoms with van der Waals surface area (Å²) in [6, 6.07) is 48.0. The molecular weight excluding hydrogens is 615 g/mol. The SMILES string of the molecule is c1ccc2c(c1)-c1ccc(N(c3ccc4c(c3)oc3ccccc34)c3ccc4sc5ccccc5c4c3)cc1C21C2CC3CC(C2)CC1C3. The third kappa shape index (κ3) is 3.56. The molecule has 0 amide bonds. The molecule has 0 aliphatic heterocycles. The second-order valence-corrected chi connectivity index (χ2v) is 16.4. The van der Waals surface area contributed by atoms with Crippen LogP contribution in [0.3, 0.4) is 0 Å². The molecule has 2 aromatic heterocycles. The highest BCUT2D eigenvalue weighted by Crippen LogP contribution is 2.69. The lowest BCUT2D eigenvalue weighted by Gasteiger charge is -2.61. The van der Waals surface area contributed by atoms with Crippen molar-refractivity contribution in [2.75, 3.05) is 4.90 Å². The van der Waals surface area contributed by atoms with Crippen LogP contribution in [0, 0.1) is 23.7 Å². The summed E-state index contributed by atoms with van der Waals surface area (Å²) in [5.41, 5.74) is 11.6. The topological polar surface area (TPSA) is 16.4 Å². The number of fused-ring (bicyclic) bond motifs is 9. The maximum Gasteiger partial charge on any atom is 0.137 e. The van der Waals surface area contributed by atoms with Gasteiger partial charge < -0.3 is 9.32 Å². The van der Waals surface area contributed by atoms with E-state index >= 15 is 0 Å². The molecule has 0 unspecified atom stereocenters. The fourth-order valence-electron chi connectivity index (χ4n) is 11.4. The van der Waals surface area contributed by atoms with Gasteiger partial charge in [-0.3, -0.25) is 0 Å². The van der Waals surface area contributed by atoms with Crippen LogP contribution < -0.4 is 4.90 Å². The average Bonchev–Trinajstić information content (AvgIpc) is 3.78. The van der Waals surface area contributed by atoms with E-state index in [1.165, 1.54) is 80.2 Å². The van der Waals surface area contributed by atoms with Crippen molar-refractivity contribution in [2.45, 2.75) is 37.5 Å². The van der Waals surface area contributed by atoms with Crippen molar-refractivity contribution >= 4 is 70.5 Å². The van der Waals surface area contributed by atoms with Crippen LogP contribution in [0.15, 0.2) is 132 Å². The van der Waals surface area contributed by atoms with Gasteiger partial charge in [0.25, 0.3) is 0 Å². The second kappa shape index (κ2) is 9.64. The summed E-state index contributed by atoms with van der Waals surface area (Å²) in [5, 5.41) is 4.98. The normalized spacial score (nSPS) is 24.8. The van der Waals surface area contributed by atoms with Crippen LogP contribution in [0.2, 0.25) is 0 Å². The van der Waals surface area contributed by atoms with Crippen LogP contribution in [0.4, 0.5) is 17.1 Å². The Labute approximate surface area is 289 Å². The van der Waals surface area contributed by atoms with Crippen LogP contribution in [-0.4, -0.2) is 0 Å². The zero-order chi connectivity index (χ0) is 31.8. The predicted molar refractivity (Wildman–Crippen MR) is 205 cm³/mol. The molecule has 8 aromatic rings. The van der Waals surface area contributed by atoms with Gasteiger partial charge in [-0.25, -0.2) is 0 Å². The lowest BCUT2D eigenvalue weighted by atomic mass is 9.43. The molecule has 0 N–H and O–H groups in total. The molecule has 0 saturated heterocycles. The Hall–Kier alpha value is -4.86. The fourth-order valence-corrected chi connectivity index (χ4v) is 12.5. The van der Waals surface area contributed by atoms with Crippen LogP contribution in [0.1, 0.15) is 43.2 Å². The molecule has 3 heteroatoms. The Morgan fingerprint density at radius 2 is 1.12 bits per heavy atom. The molecule has 13 rings (SSSR count). The summed E-state index contributed by atoms with van der Waals surface area (Å²) in [7, 11) is 0. The quantitative estimate of drug-likeness (QED) is 0.189. The number of hydrogen-bond acceptors (Lipinski definition) is 3. The molecule has 2 nitrogen and oxygen atoms in total. The summed E-state index contributed by atoms with van der Waals surface area (Å²) >= 11 is 1.88. The van der Waals surface area contributed by atoms with Gasteiger partial charge in [-0.15, -0.1) is 11.3 Å². The zero-order valence-corrected chi connectivity index (χ0v) is 28.0. The Morgan fingerprint density at radius 1 is 0.490 bits per heavy atom. The molecule has 1 spiro atoms. The molecule has 5 aliphatic rings. The summed E-state index contributed by atoms with van der Waals surface area (Å²) in [6.45, 7) is 0. The molecule has 6 aromatic carbocycles. The number of para-hydroxylation sites is 1. The van der Waals surface area contributed by atoms with Crippen molar-refractivity contribution in [3.63, 3.8) is 0 Å². The van der Waals surface area contributed by atoms with Gasteiger partial charge in [-0.05, 0) is 133 Å². The summed E-state index contributed by atoms with van der Waals surface area (Å²) in [6.07, 6.45) is 7.02. The molecule has 4 fully saturated rings. The number of benzene rings is 6. The number of rotatable bonds is 3. The number of nitrogens with zero attached hydrogens (tertiary/aromatic N) is 1. The zero-order valence-electron chi connectivity index (χ0n) is 27.2. The Bertz CT molecular complexity index is 2630. The standard InChI is InChI=1S/C46H35NOS/c1-4-10-40-34(7-1)35-16-13-32(25-41(35)46(40)29-20-27-19-28(22-29)23-30(46)21-27)47(31-15-18-45-39(24-31)38-9-3-6-12-44(38)49-45)33-14-17-37-36-8-2-5-11-42(36)48-43(37)26-33/h1-18,24-30H,19-23H2. The fraction of sp³-hybridized carbons (Fsp3) is 0.217. The molecule has 49 heavy (non-hydrogen) atoms. The van der Waals surface area contributed by atoms with Gasteiger partial charge in [0.05, 0.1) is 0 Å². The Balaban J connectivity index is 1.10. The van der Waals surface area contributed by atoms with Crippen molar-refractivity contribution in [2.24, 2.45) is 23.7 Å². The van der Waals surface area contributed by atoms with Crippen LogP contribution in [0.25, 0.3) is 53.2 Å².